The van der Waals surface area contributed by atoms with Crippen LogP contribution in [0.1, 0.15) is 5.56 Å². The fourth-order valence-corrected chi connectivity index (χ4v) is 1.99. The van der Waals surface area contributed by atoms with Crippen molar-refractivity contribution in [3.63, 3.8) is 0 Å². The average Bonchev–Trinajstić information content (AvgIpc) is 2.69. The van der Waals surface area contributed by atoms with Crippen LogP contribution in [-0.4, -0.2) is 44.4 Å². The number of fused-ring (bicyclic) bond motifs is 1. The van der Waals surface area contributed by atoms with Crippen molar-refractivity contribution in [2.45, 2.75) is 6.54 Å². The molecule has 0 spiro atoms. The van der Waals surface area contributed by atoms with E-state index in [-0.39, 0.29) is 35.4 Å². The van der Waals surface area contributed by atoms with Crippen molar-refractivity contribution < 1.29 is 5.11 Å². The van der Waals surface area contributed by atoms with Crippen molar-refractivity contribution in [2.24, 2.45) is 0 Å². The summed E-state index contributed by atoms with van der Waals surface area (Å²) in [5.74, 6) is 0.0940. The fraction of sp³-hybridized carbons (Fsp3) is 0.0714. The van der Waals surface area contributed by atoms with Gasteiger partial charge < -0.3 is 5.11 Å². The average molecular weight is 248 g/mol. The molecule has 0 aliphatic rings. The number of hydrogen-bond acceptors (Lipinski definition) is 2. The number of para-hydroxylation sites is 1. The summed E-state index contributed by atoms with van der Waals surface area (Å²) in [5, 5.41) is 14.7. The first-order valence-electron chi connectivity index (χ1n) is 5.53. The van der Waals surface area contributed by atoms with Crippen LogP contribution < -0.4 is 0 Å². The molecule has 2 aromatic carbocycles. The zero-order valence-electron chi connectivity index (χ0n) is 9.24. The molecule has 18 heavy (non-hydrogen) atoms. The van der Waals surface area contributed by atoms with E-state index in [1.54, 1.807) is 0 Å². The van der Waals surface area contributed by atoms with Gasteiger partial charge in [0.25, 0.3) is 0 Å². The number of aromatic hydroxyl groups is 1. The normalized spacial score (nSPS) is 10.2. The van der Waals surface area contributed by atoms with Crippen LogP contribution in [0.25, 0.3) is 10.9 Å². The third kappa shape index (κ3) is 2.43. The Balaban J connectivity index is 0.00000120. The van der Waals surface area contributed by atoms with Crippen molar-refractivity contribution >= 4 is 40.5 Å². The SMILES string of the molecule is Oc1nn(Cc2ccccc2)c2ccccc12.[NaH]. The van der Waals surface area contributed by atoms with E-state index in [0.717, 1.165) is 10.9 Å². The molecule has 4 heteroatoms. The van der Waals surface area contributed by atoms with Crippen molar-refractivity contribution in [3.05, 3.63) is 60.2 Å². The first-order valence-corrected chi connectivity index (χ1v) is 5.53. The molecule has 1 aromatic heterocycles. The van der Waals surface area contributed by atoms with Gasteiger partial charge in [0.2, 0.25) is 5.88 Å². The molecule has 0 unspecified atom stereocenters. The van der Waals surface area contributed by atoms with E-state index < -0.39 is 0 Å². The first kappa shape index (κ1) is 13.1. The molecule has 0 saturated carbocycles. The quantitative estimate of drug-likeness (QED) is 0.706. The van der Waals surface area contributed by atoms with Gasteiger partial charge in [-0.1, -0.05) is 42.5 Å². The van der Waals surface area contributed by atoms with E-state index in [1.807, 2.05) is 59.3 Å². The van der Waals surface area contributed by atoms with Crippen LogP contribution in [0.3, 0.4) is 0 Å². The Kier molecular flexibility index (Phi) is 4.07. The van der Waals surface area contributed by atoms with E-state index >= 15 is 0 Å². The van der Waals surface area contributed by atoms with E-state index in [4.69, 9.17) is 0 Å². The molecule has 0 radical (unpaired) electrons. The van der Waals surface area contributed by atoms with Crippen LogP contribution in [0, 0.1) is 0 Å². The van der Waals surface area contributed by atoms with Gasteiger partial charge in [-0.3, -0.25) is 4.68 Å². The summed E-state index contributed by atoms with van der Waals surface area (Å²) in [6.07, 6.45) is 0. The topological polar surface area (TPSA) is 38.1 Å². The summed E-state index contributed by atoms with van der Waals surface area (Å²) >= 11 is 0. The second-order valence-electron chi connectivity index (χ2n) is 3.98. The molecule has 1 N–H and O–H groups in total. The van der Waals surface area contributed by atoms with Crippen LogP contribution >= 0.6 is 0 Å². The molecule has 0 amide bonds. The van der Waals surface area contributed by atoms with Gasteiger partial charge >= 0.3 is 29.6 Å². The Hall–Kier alpha value is -1.29. The zero-order chi connectivity index (χ0) is 11.7. The predicted molar refractivity (Wildman–Crippen MR) is 74.1 cm³/mol. The van der Waals surface area contributed by atoms with Crippen LogP contribution in [0.4, 0.5) is 0 Å². The van der Waals surface area contributed by atoms with Crippen molar-refractivity contribution in [1.29, 1.82) is 0 Å². The van der Waals surface area contributed by atoms with Gasteiger partial charge in [-0.15, -0.1) is 5.10 Å². The molecule has 3 aromatic rings. The molecule has 1 heterocycles. The van der Waals surface area contributed by atoms with Crippen LogP contribution in [0.2, 0.25) is 0 Å². The molecule has 3 rings (SSSR count). The van der Waals surface area contributed by atoms with Gasteiger partial charge in [-0.2, -0.15) is 0 Å². The summed E-state index contributed by atoms with van der Waals surface area (Å²) in [6.45, 7) is 0.669. The summed E-state index contributed by atoms with van der Waals surface area (Å²) in [6, 6.07) is 17.8. The summed E-state index contributed by atoms with van der Waals surface area (Å²) in [4.78, 5) is 0. The Bertz CT molecular complexity index is 649. The molecular weight excluding hydrogens is 235 g/mol. The van der Waals surface area contributed by atoms with E-state index in [1.165, 1.54) is 5.56 Å². The first-order chi connectivity index (χ1) is 8.34. The molecule has 3 nitrogen and oxygen atoms in total. The van der Waals surface area contributed by atoms with Crippen molar-refractivity contribution in [1.82, 2.24) is 9.78 Å². The minimum atomic E-state index is 0. The Morgan fingerprint density at radius 3 is 2.39 bits per heavy atom. The molecule has 0 aliphatic heterocycles. The molecular formula is C14H13N2NaO. The number of nitrogens with zero attached hydrogens (tertiary/aromatic N) is 2. The Labute approximate surface area is 127 Å². The van der Waals surface area contributed by atoms with Crippen LogP contribution in [0.5, 0.6) is 5.88 Å². The Morgan fingerprint density at radius 1 is 0.944 bits per heavy atom. The van der Waals surface area contributed by atoms with E-state index in [9.17, 15) is 5.11 Å². The monoisotopic (exact) mass is 248 g/mol. The van der Waals surface area contributed by atoms with Gasteiger partial charge in [-0.05, 0) is 17.7 Å². The molecule has 0 fully saturated rings. The standard InChI is InChI=1S/C14H12N2O.Na.H/c17-14-12-8-4-5-9-13(12)16(15-14)10-11-6-2-1-3-7-11;;/h1-9H,10H2,(H,15,17);;. The van der Waals surface area contributed by atoms with Crippen LogP contribution in [0.15, 0.2) is 54.6 Å². The maximum atomic E-state index is 9.74. The van der Waals surface area contributed by atoms with Gasteiger partial charge in [-0.25, -0.2) is 0 Å². The van der Waals surface area contributed by atoms with Crippen LogP contribution in [-0.2, 0) is 6.54 Å². The minimum absolute atomic E-state index is 0. The molecule has 0 saturated heterocycles. The van der Waals surface area contributed by atoms with E-state index in [2.05, 4.69) is 5.10 Å². The summed E-state index contributed by atoms with van der Waals surface area (Å²) < 4.78 is 1.82. The third-order valence-electron chi connectivity index (χ3n) is 2.81. The zero-order valence-corrected chi connectivity index (χ0v) is 9.24. The van der Waals surface area contributed by atoms with Gasteiger partial charge in [0, 0.05) is 0 Å². The van der Waals surface area contributed by atoms with Crippen molar-refractivity contribution in [3.8, 4) is 5.88 Å². The third-order valence-corrected chi connectivity index (χ3v) is 2.81. The molecule has 86 valence electrons. The number of rotatable bonds is 2. The second-order valence-corrected chi connectivity index (χ2v) is 3.98. The fourth-order valence-electron chi connectivity index (χ4n) is 1.99. The number of aromatic nitrogens is 2. The van der Waals surface area contributed by atoms with Gasteiger partial charge in [0.15, 0.2) is 0 Å². The Morgan fingerprint density at radius 2 is 1.61 bits per heavy atom. The van der Waals surface area contributed by atoms with Crippen molar-refractivity contribution in [2.75, 3.05) is 0 Å². The second kappa shape index (κ2) is 5.57. The van der Waals surface area contributed by atoms with Gasteiger partial charge in [0.1, 0.15) is 0 Å². The van der Waals surface area contributed by atoms with E-state index in [0.29, 0.717) is 6.54 Å². The van der Waals surface area contributed by atoms with Gasteiger partial charge in [0.05, 0.1) is 17.4 Å². The molecule has 0 aliphatic carbocycles. The molecule has 0 bridgehead atoms. The number of benzene rings is 2. The number of hydrogen-bond donors (Lipinski definition) is 1. The maximum absolute atomic E-state index is 9.74. The summed E-state index contributed by atoms with van der Waals surface area (Å²) in [5.41, 5.74) is 2.12. The summed E-state index contributed by atoms with van der Waals surface area (Å²) in [7, 11) is 0. The predicted octanol–water partition coefficient (Wildman–Crippen LogP) is 2.14. The molecule has 0 atom stereocenters.